The fourth-order valence-corrected chi connectivity index (χ4v) is 2.90. The number of halogens is 1. The molecule has 0 saturated carbocycles. The summed E-state index contributed by atoms with van der Waals surface area (Å²) in [7, 11) is 1.54. The molecule has 0 aromatic heterocycles. The number of nitrogens with zero attached hydrogens (tertiary/aromatic N) is 1. The minimum absolute atomic E-state index is 0.0440. The Labute approximate surface area is 176 Å². The Morgan fingerprint density at radius 2 is 2.10 bits per heavy atom. The van der Waals surface area contributed by atoms with Gasteiger partial charge < -0.3 is 14.8 Å². The summed E-state index contributed by atoms with van der Waals surface area (Å²) in [6.45, 7) is 8.01. The zero-order valence-electron chi connectivity index (χ0n) is 16.7. The van der Waals surface area contributed by atoms with Crippen molar-refractivity contribution in [2.75, 3.05) is 19.0 Å². The van der Waals surface area contributed by atoms with E-state index in [0.29, 0.717) is 40.8 Å². The van der Waals surface area contributed by atoms with E-state index < -0.39 is 5.91 Å². The first kappa shape index (κ1) is 22.1. The van der Waals surface area contributed by atoms with E-state index >= 15 is 0 Å². The van der Waals surface area contributed by atoms with Gasteiger partial charge in [0.15, 0.2) is 11.5 Å². The number of carbonyl (C=O) groups is 1. The first-order valence-corrected chi connectivity index (χ1v) is 9.45. The number of amides is 1. The Balaban J connectivity index is 2.39. The Morgan fingerprint density at radius 3 is 2.69 bits per heavy atom. The largest absolute Gasteiger partial charge is 0.493 e. The smallest absolute Gasteiger partial charge is 0.266 e. The van der Waals surface area contributed by atoms with Crippen LogP contribution in [0.2, 0.25) is 5.02 Å². The minimum atomic E-state index is -0.523. The predicted octanol–water partition coefficient (Wildman–Crippen LogP) is 5.33. The van der Waals surface area contributed by atoms with Crippen LogP contribution in [0.4, 0.5) is 5.69 Å². The molecule has 0 radical (unpaired) electrons. The zero-order chi connectivity index (χ0) is 21.4. The van der Waals surface area contributed by atoms with Gasteiger partial charge in [0.05, 0.1) is 13.7 Å². The molecular weight excluding hydrogens is 388 g/mol. The van der Waals surface area contributed by atoms with E-state index in [0.717, 1.165) is 11.1 Å². The third-order valence-corrected chi connectivity index (χ3v) is 4.54. The molecule has 0 aliphatic heterocycles. The average molecular weight is 411 g/mol. The van der Waals surface area contributed by atoms with Crippen molar-refractivity contribution in [1.82, 2.24) is 0 Å². The molecule has 0 heterocycles. The molecule has 6 heteroatoms. The molecule has 0 aliphatic carbocycles. The molecule has 1 amide bonds. The van der Waals surface area contributed by atoms with E-state index in [2.05, 4.69) is 11.9 Å². The van der Waals surface area contributed by atoms with Crippen molar-refractivity contribution in [2.45, 2.75) is 20.3 Å². The van der Waals surface area contributed by atoms with Gasteiger partial charge in [-0.1, -0.05) is 23.7 Å². The molecule has 0 saturated heterocycles. The van der Waals surface area contributed by atoms with Gasteiger partial charge in [-0.3, -0.25) is 4.79 Å². The van der Waals surface area contributed by atoms with Crippen molar-refractivity contribution in [2.24, 2.45) is 0 Å². The Kier molecular flexibility index (Phi) is 7.88. The second kappa shape index (κ2) is 10.4. The molecule has 5 nitrogen and oxygen atoms in total. The number of hydrogen-bond acceptors (Lipinski definition) is 4. The molecule has 1 N–H and O–H groups in total. The Morgan fingerprint density at radius 1 is 1.34 bits per heavy atom. The van der Waals surface area contributed by atoms with Gasteiger partial charge in [0.1, 0.15) is 11.6 Å². The number of nitriles is 1. The van der Waals surface area contributed by atoms with Crippen LogP contribution in [0.1, 0.15) is 23.6 Å². The maximum Gasteiger partial charge on any atom is 0.266 e. The highest BCUT2D eigenvalue weighted by atomic mass is 35.5. The van der Waals surface area contributed by atoms with Gasteiger partial charge in [-0.15, -0.1) is 6.58 Å². The first-order chi connectivity index (χ1) is 13.9. The van der Waals surface area contributed by atoms with Gasteiger partial charge in [0.2, 0.25) is 0 Å². The first-order valence-electron chi connectivity index (χ1n) is 9.07. The highest BCUT2D eigenvalue weighted by Crippen LogP contribution is 2.34. The van der Waals surface area contributed by atoms with Crippen molar-refractivity contribution < 1.29 is 14.3 Å². The lowest BCUT2D eigenvalue weighted by Crippen LogP contribution is -2.13. The van der Waals surface area contributed by atoms with Crippen molar-refractivity contribution in [3.63, 3.8) is 0 Å². The molecule has 0 aliphatic rings. The molecule has 0 bridgehead atoms. The minimum Gasteiger partial charge on any atom is -0.493 e. The lowest BCUT2D eigenvalue weighted by molar-refractivity contribution is -0.112. The van der Waals surface area contributed by atoms with Crippen molar-refractivity contribution in [3.05, 3.63) is 70.3 Å². The van der Waals surface area contributed by atoms with Crippen LogP contribution in [0.15, 0.2) is 48.6 Å². The number of methoxy groups -OCH3 is 1. The summed E-state index contributed by atoms with van der Waals surface area (Å²) in [6.07, 6.45) is 3.82. The highest BCUT2D eigenvalue weighted by molar-refractivity contribution is 6.31. The molecule has 150 valence electrons. The second-order valence-corrected chi connectivity index (χ2v) is 6.63. The van der Waals surface area contributed by atoms with E-state index in [1.165, 1.54) is 6.08 Å². The number of benzene rings is 2. The molecule has 2 aromatic carbocycles. The fourth-order valence-electron chi connectivity index (χ4n) is 2.72. The van der Waals surface area contributed by atoms with E-state index in [1.54, 1.807) is 37.5 Å². The molecule has 2 aromatic rings. The summed E-state index contributed by atoms with van der Waals surface area (Å²) in [4.78, 5) is 12.6. The molecule has 0 unspecified atom stereocenters. The van der Waals surface area contributed by atoms with Crippen LogP contribution in [0.3, 0.4) is 0 Å². The van der Waals surface area contributed by atoms with Crippen LogP contribution in [0.5, 0.6) is 11.5 Å². The third kappa shape index (κ3) is 5.63. The number of nitrogens with one attached hydrogen (secondary N) is 1. The molecule has 0 fully saturated rings. The molecule has 2 rings (SSSR count). The predicted molar refractivity (Wildman–Crippen MR) is 116 cm³/mol. The van der Waals surface area contributed by atoms with Gasteiger partial charge in [0.25, 0.3) is 5.91 Å². The van der Waals surface area contributed by atoms with E-state index in [1.807, 2.05) is 26.0 Å². The van der Waals surface area contributed by atoms with Crippen molar-refractivity contribution >= 4 is 29.3 Å². The van der Waals surface area contributed by atoms with Gasteiger partial charge in [-0.2, -0.15) is 5.26 Å². The summed E-state index contributed by atoms with van der Waals surface area (Å²) in [5.74, 6) is 0.635. The Bertz CT molecular complexity index is 990. The number of anilines is 1. The van der Waals surface area contributed by atoms with Crippen LogP contribution < -0.4 is 14.8 Å². The van der Waals surface area contributed by atoms with E-state index in [4.69, 9.17) is 21.1 Å². The number of rotatable bonds is 8. The molecule has 0 spiro atoms. The Hall–Kier alpha value is -3.23. The van der Waals surface area contributed by atoms with E-state index in [9.17, 15) is 10.1 Å². The molecule has 29 heavy (non-hydrogen) atoms. The lowest BCUT2D eigenvalue weighted by Gasteiger charge is -2.15. The number of hydrogen-bond donors (Lipinski definition) is 1. The maximum absolute atomic E-state index is 12.6. The van der Waals surface area contributed by atoms with Gasteiger partial charge in [-0.25, -0.2) is 0 Å². The second-order valence-electron chi connectivity index (χ2n) is 6.23. The van der Waals surface area contributed by atoms with Crippen molar-refractivity contribution in [3.8, 4) is 17.6 Å². The van der Waals surface area contributed by atoms with Crippen LogP contribution in [-0.4, -0.2) is 19.6 Å². The van der Waals surface area contributed by atoms with Gasteiger partial charge in [-0.05, 0) is 61.7 Å². The SMILES string of the molecule is C=CCc1cc(/C=C(/C#N)C(=O)Nc2ccc(C)c(Cl)c2)cc(OC)c1OCC. The van der Waals surface area contributed by atoms with Gasteiger partial charge in [0, 0.05) is 16.3 Å². The summed E-state index contributed by atoms with van der Waals surface area (Å²) in [5.41, 5.74) is 2.88. The summed E-state index contributed by atoms with van der Waals surface area (Å²) < 4.78 is 11.1. The third-order valence-electron chi connectivity index (χ3n) is 4.13. The van der Waals surface area contributed by atoms with Crippen LogP contribution in [-0.2, 0) is 11.2 Å². The number of allylic oxidation sites excluding steroid dienone is 1. The molecule has 0 atom stereocenters. The van der Waals surface area contributed by atoms with Crippen molar-refractivity contribution in [1.29, 1.82) is 5.26 Å². The fraction of sp³-hybridized carbons (Fsp3) is 0.217. The number of carbonyl (C=O) groups excluding carboxylic acids is 1. The van der Waals surface area contributed by atoms with E-state index in [-0.39, 0.29) is 5.57 Å². The topological polar surface area (TPSA) is 71.4 Å². The zero-order valence-corrected chi connectivity index (χ0v) is 17.5. The van der Waals surface area contributed by atoms with Gasteiger partial charge >= 0.3 is 0 Å². The highest BCUT2D eigenvalue weighted by Gasteiger charge is 2.14. The van der Waals surface area contributed by atoms with Crippen LogP contribution in [0.25, 0.3) is 6.08 Å². The summed E-state index contributed by atoms with van der Waals surface area (Å²) in [6, 6.07) is 10.7. The quantitative estimate of drug-likeness (QED) is 0.362. The standard InChI is InChI=1S/C23H23ClN2O3/c1-5-7-17-10-16(12-21(28-4)22(17)29-6-2)11-18(14-25)23(27)26-19-9-8-15(3)20(24)13-19/h5,8-13H,1,6-7H2,2-4H3,(H,26,27)/b18-11-. The van der Waals surface area contributed by atoms with Crippen LogP contribution in [0, 0.1) is 18.3 Å². The summed E-state index contributed by atoms with van der Waals surface area (Å²) >= 11 is 6.10. The average Bonchev–Trinajstić information content (AvgIpc) is 2.70. The molecular formula is C23H23ClN2O3. The monoisotopic (exact) mass is 410 g/mol. The normalized spacial score (nSPS) is 10.8. The lowest BCUT2D eigenvalue weighted by atomic mass is 10.0. The van der Waals surface area contributed by atoms with Crippen LogP contribution >= 0.6 is 11.6 Å². The summed E-state index contributed by atoms with van der Waals surface area (Å²) in [5, 5.41) is 12.7. The maximum atomic E-state index is 12.6. The number of aryl methyl sites for hydroxylation is 1. The number of ether oxygens (including phenoxy) is 2.